The van der Waals surface area contributed by atoms with Gasteiger partial charge in [0.15, 0.2) is 0 Å². The lowest BCUT2D eigenvalue weighted by Crippen LogP contribution is -2.40. The number of hydrogen-bond acceptors (Lipinski definition) is 4. The molecule has 0 radical (unpaired) electrons. The smallest absolute Gasteiger partial charge is 0.338 e. The number of benzene rings is 1. The van der Waals surface area contributed by atoms with Crippen molar-refractivity contribution < 1.29 is 14.4 Å². The lowest BCUT2D eigenvalue weighted by Gasteiger charge is -2.32. The van der Waals surface area contributed by atoms with Crippen LogP contribution in [0.2, 0.25) is 0 Å². The van der Waals surface area contributed by atoms with Crippen LogP contribution in [0.25, 0.3) is 6.08 Å². The largest absolute Gasteiger partial charge is 0.340 e. The van der Waals surface area contributed by atoms with E-state index in [0.717, 1.165) is 49.7 Å². The second kappa shape index (κ2) is 8.49. The van der Waals surface area contributed by atoms with Crippen LogP contribution in [0.15, 0.2) is 30.3 Å². The summed E-state index contributed by atoms with van der Waals surface area (Å²) in [6, 6.07) is 7.63. The van der Waals surface area contributed by atoms with Gasteiger partial charge in [-0.1, -0.05) is 49.9 Å². The normalized spacial score (nSPS) is 19.7. The molecule has 3 N–H and O–H groups in total. The molecule has 3 rings (SSSR count). The standard InChI is InChI=1S/C21H28N2O3/c22-15-17-9-7-16(8-10-17)11-12-19(24)23-26-20(25)21(13-3-4-14-21)18-5-1-2-6-18/h7-12,18H,1-6,13-15,22H2,(H,23,24)/b12-11+. The van der Waals surface area contributed by atoms with E-state index in [4.69, 9.17) is 10.6 Å². The Kier molecular flexibility index (Phi) is 6.09. The fourth-order valence-corrected chi connectivity index (χ4v) is 4.43. The maximum Gasteiger partial charge on any atom is 0.338 e. The Morgan fingerprint density at radius 2 is 1.77 bits per heavy atom. The summed E-state index contributed by atoms with van der Waals surface area (Å²) in [6.07, 6.45) is 11.5. The molecule has 2 aliphatic rings. The van der Waals surface area contributed by atoms with Gasteiger partial charge < -0.3 is 10.6 Å². The second-order valence-electron chi connectivity index (χ2n) is 7.48. The van der Waals surface area contributed by atoms with Crippen molar-refractivity contribution >= 4 is 18.0 Å². The lowest BCUT2D eigenvalue weighted by atomic mass is 9.73. The van der Waals surface area contributed by atoms with Gasteiger partial charge in [-0.3, -0.25) is 4.79 Å². The Balaban J connectivity index is 1.54. The SMILES string of the molecule is NCc1ccc(/C=C/C(=O)NOC(=O)C2(C3CCCC3)CCCC2)cc1. The van der Waals surface area contributed by atoms with E-state index in [0.29, 0.717) is 12.5 Å². The Bertz CT molecular complexity index is 654. The Morgan fingerprint density at radius 3 is 2.38 bits per heavy atom. The predicted octanol–water partition coefficient (Wildman–Crippen LogP) is 3.48. The molecule has 0 bridgehead atoms. The summed E-state index contributed by atoms with van der Waals surface area (Å²) in [7, 11) is 0. The highest BCUT2D eigenvalue weighted by Gasteiger charge is 2.49. The first-order valence-corrected chi connectivity index (χ1v) is 9.62. The average molecular weight is 356 g/mol. The molecule has 0 atom stereocenters. The third kappa shape index (κ3) is 4.15. The maximum atomic E-state index is 12.7. The number of nitrogens with two attached hydrogens (primary N) is 1. The molecule has 2 aliphatic carbocycles. The summed E-state index contributed by atoms with van der Waals surface area (Å²) in [5.74, 6) is -0.275. The van der Waals surface area contributed by atoms with E-state index in [1.165, 1.54) is 18.9 Å². The van der Waals surface area contributed by atoms with Crippen molar-refractivity contribution in [2.45, 2.75) is 57.9 Å². The van der Waals surface area contributed by atoms with Crippen LogP contribution in [0.3, 0.4) is 0 Å². The molecular formula is C21H28N2O3. The molecule has 5 nitrogen and oxygen atoms in total. The van der Waals surface area contributed by atoms with Crippen LogP contribution in [-0.4, -0.2) is 11.9 Å². The highest BCUT2D eigenvalue weighted by molar-refractivity contribution is 5.92. The third-order valence-corrected chi connectivity index (χ3v) is 5.93. The van der Waals surface area contributed by atoms with Crippen molar-refractivity contribution in [2.24, 2.45) is 17.1 Å². The van der Waals surface area contributed by atoms with Gasteiger partial charge >= 0.3 is 5.97 Å². The number of rotatable bonds is 5. The van der Waals surface area contributed by atoms with Crippen LogP contribution in [0.5, 0.6) is 0 Å². The van der Waals surface area contributed by atoms with Gasteiger partial charge in [-0.15, -0.1) is 0 Å². The summed E-state index contributed by atoms with van der Waals surface area (Å²) in [4.78, 5) is 29.9. The van der Waals surface area contributed by atoms with Crippen LogP contribution in [0, 0.1) is 11.3 Å². The minimum atomic E-state index is -0.430. The molecule has 0 unspecified atom stereocenters. The minimum absolute atomic E-state index is 0.254. The highest BCUT2D eigenvalue weighted by Crippen LogP contribution is 2.51. The Morgan fingerprint density at radius 1 is 1.12 bits per heavy atom. The molecule has 0 aromatic heterocycles. The van der Waals surface area contributed by atoms with E-state index in [2.05, 4.69) is 5.48 Å². The molecule has 5 heteroatoms. The average Bonchev–Trinajstić information content (AvgIpc) is 3.37. The van der Waals surface area contributed by atoms with Crippen LogP contribution in [-0.2, 0) is 21.0 Å². The molecule has 140 valence electrons. The van der Waals surface area contributed by atoms with E-state index in [9.17, 15) is 9.59 Å². The fraction of sp³-hybridized carbons (Fsp3) is 0.524. The van der Waals surface area contributed by atoms with Gasteiger partial charge in [0.25, 0.3) is 5.91 Å². The monoisotopic (exact) mass is 356 g/mol. The highest BCUT2D eigenvalue weighted by atomic mass is 16.7. The van der Waals surface area contributed by atoms with Crippen molar-refractivity contribution in [3.63, 3.8) is 0 Å². The molecule has 1 aromatic carbocycles. The van der Waals surface area contributed by atoms with E-state index in [1.807, 2.05) is 24.3 Å². The molecular weight excluding hydrogens is 328 g/mol. The van der Waals surface area contributed by atoms with E-state index < -0.39 is 5.91 Å². The molecule has 0 aliphatic heterocycles. The number of carbonyl (C=O) groups is 2. The number of nitrogens with one attached hydrogen (secondary N) is 1. The van der Waals surface area contributed by atoms with E-state index >= 15 is 0 Å². The molecule has 0 saturated heterocycles. The van der Waals surface area contributed by atoms with Crippen molar-refractivity contribution in [1.82, 2.24) is 5.48 Å². The molecule has 2 fully saturated rings. The molecule has 1 amide bonds. The van der Waals surface area contributed by atoms with Crippen molar-refractivity contribution in [1.29, 1.82) is 0 Å². The number of amides is 1. The second-order valence-corrected chi connectivity index (χ2v) is 7.48. The van der Waals surface area contributed by atoms with Gasteiger partial charge in [0.1, 0.15) is 0 Å². The van der Waals surface area contributed by atoms with E-state index in [-0.39, 0.29) is 11.4 Å². The Hall–Kier alpha value is -2.14. The predicted molar refractivity (Wildman–Crippen MR) is 100 cm³/mol. The van der Waals surface area contributed by atoms with Crippen molar-refractivity contribution in [3.05, 3.63) is 41.5 Å². The number of hydroxylamine groups is 1. The number of carbonyl (C=O) groups excluding carboxylic acids is 2. The van der Waals surface area contributed by atoms with Gasteiger partial charge in [-0.05, 0) is 48.8 Å². The van der Waals surface area contributed by atoms with Gasteiger partial charge in [0, 0.05) is 12.6 Å². The first kappa shape index (κ1) is 18.6. The zero-order chi connectivity index (χ0) is 18.4. The summed E-state index contributed by atoms with van der Waals surface area (Å²) in [6.45, 7) is 0.489. The lowest BCUT2D eigenvalue weighted by molar-refractivity contribution is -0.170. The van der Waals surface area contributed by atoms with Gasteiger partial charge in [-0.25, -0.2) is 4.79 Å². The number of hydrogen-bond donors (Lipinski definition) is 2. The van der Waals surface area contributed by atoms with Gasteiger partial charge in [0.2, 0.25) is 0 Å². The van der Waals surface area contributed by atoms with Crippen LogP contribution in [0.1, 0.15) is 62.5 Å². The van der Waals surface area contributed by atoms with Gasteiger partial charge in [-0.2, -0.15) is 5.48 Å². The molecule has 2 saturated carbocycles. The Labute approximate surface area is 154 Å². The summed E-state index contributed by atoms with van der Waals surface area (Å²) in [5, 5.41) is 0. The maximum absolute atomic E-state index is 12.7. The molecule has 0 spiro atoms. The topological polar surface area (TPSA) is 81.4 Å². The quantitative estimate of drug-likeness (QED) is 0.625. The summed E-state index contributed by atoms with van der Waals surface area (Å²) < 4.78 is 0. The molecule has 1 aromatic rings. The summed E-state index contributed by atoms with van der Waals surface area (Å²) >= 11 is 0. The van der Waals surface area contributed by atoms with Crippen molar-refractivity contribution in [2.75, 3.05) is 0 Å². The first-order valence-electron chi connectivity index (χ1n) is 9.62. The van der Waals surface area contributed by atoms with Crippen LogP contribution < -0.4 is 11.2 Å². The van der Waals surface area contributed by atoms with E-state index in [1.54, 1.807) is 6.08 Å². The molecule has 26 heavy (non-hydrogen) atoms. The van der Waals surface area contributed by atoms with Crippen molar-refractivity contribution in [3.8, 4) is 0 Å². The third-order valence-electron chi connectivity index (χ3n) is 5.93. The van der Waals surface area contributed by atoms with Gasteiger partial charge in [0.05, 0.1) is 5.41 Å². The fourth-order valence-electron chi connectivity index (χ4n) is 4.43. The zero-order valence-electron chi connectivity index (χ0n) is 15.2. The molecule has 0 heterocycles. The van der Waals surface area contributed by atoms with Crippen LogP contribution >= 0.6 is 0 Å². The summed E-state index contributed by atoms with van der Waals surface area (Å²) in [5.41, 5.74) is 9.42. The van der Waals surface area contributed by atoms with Crippen LogP contribution in [0.4, 0.5) is 0 Å². The first-order chi connectivity index (χ1) is 12.6. The zero-order valence-corrected chi connectivity index (χ0v) is 15.2. The minimum Gasteiger partial charge on any atom is -0.340 e.